The Kier molecular flexibility index (Phi) is 9.52. The average Bonchev–Trinajstić information content (AvgIpc) is 3.43. The molecule has 57 heavy (non-hydrogen) atoms. The van der Waals surface area contributed by atoms with Crippen LogP contribution in [0, 0.1) is 68.0 Å². The molecule has 0 radical (unpaired) electrons. The summed E-state index contributed by atoms with van der Waals surface area (Å²) >= 11 is 0. The molecule has 1 amide bonds. The number of carbonyl (C=O) groups is 4. The number of nitrogens with one attached hydrogen (secondary N) is 1. The predicted octanol–water partition coefficient (Wildman–Crippen LogP) is 9.88. The maximum Gasteiger partial charge on any atom is 0.309 e. The number of allylic oxidation sites excluding steroid dienone is 2. The summed E-state index contributed by atoms with van der Waals surface area (Å²) in [4.78, 5) is 58.3. The van der Waals surface area contributed by atoms with Gasteiger partial charge in [-0.25, -0.2) is 0 Å². The number of rotatable bonds is 8. The van der Waals surface area contributed by atoms with Gasteiger partial charge in [0, 0.05) is 29.1 Å². The summed E-state index contributed by atoms with van der Waals surface area (Å²) < 4.78 is 6.42. The highest BCUT2D eigenvalue weighted by atomic mass is 16.5. The maximum absolute atomic E-state index is 14.1. The predicted molar refractivity (Wildman–Crippen MR) is 221 cm³/mol. The zero-order valence-corrected chi connectivity index (χ0v) is 35.9. The van der Waals surface area contributed by atoms with Crippen molar-refractivity contribution in [3.05, 3.63) is 53.2 Å². The Morgan fingerprint density at radius 1 is 0.842 bits per heavy atom. The van der Waals surface area contributed by atoms with E-state index in [2.05, 4.69) is 59.8 Å². The summed E-state index contributed by atoms with van der Waals surface area (Å²) in [6.07, 6.45) is 8.89. The van der Waals surface area contributed by atoms with Gasteiger partial charge in [-0.15, -0.1) is 0 Å². The molecule has 6 aliphatic rings. The van der Waals surface area contributed by atoms with Gasteiger partial charge in [0.15, 0.2) is 5.78 Å². The largest absolute Gasteiger partial charge is 0.481 e. The second-order valence-corrected chi connectivity index (χ2v) is 21.7. The SMILES string of the molecule is CC(C)C1=C2[C@H]3CC[C@@H]4[C@@]5(C)CC[C@H](OC(=O)[C@H]6C[C@@H](C(=O)O)C6(C)C)C(C)(C)[C@@H]5CC[C@@]4(C)[C@]3(C)CC[C@@]2(CC(=O)NCc2ccc3ccccc3n2)CC1=O. The number of aliphatic carboxylic acids is 1. The summed E-state index contributed by atoms with van der Waals surface area (Å²) in [5, 5.41) is 13.9. The highest BCUT2D eigenvalue weighted by Crippen LogP contribution is 2.77. The van der Waals surface area contributed by atoms with Crippen LogP contribution in [0.25, 0.3) is 10.9 Å². The van der Waals surface area contributed by atoms with Crippen molar-refractivity contribution in [1.29, 1.82) is 0 Å². The van der Waals surface area contributed by atoms with Crippen LogP contribution in [0.1, 0.15) is 139 Å². The van der Waals surface area contributed by atoms with Crippen LogP contribution in [-0.4, -0.2) is 39.8 Å². The second-order valence-electron chi connectivity index (χ2n) is 21.7. The third-order valence-electron chi connectivity index (χ3n) is 18.2. The van der Waals surface area contributed by atoms with E-state index >= 15 is 0 Å². The molecule has 6 aliphatic carbocycles. The summed E-state index contributed by atoms with van der Waals surface area (Å²) in [5.41, 5.74) is 2.93. The Hall–Kier alpha value is -3.55. The third-order valence-corrected chi connectivity index (χ3v) is 18.2. The van der Waals surface area contributed by atoms with E-state index in [1.54, 1.807) is 0 Å². The van der Waals surface area contributed by atoms with Crippen molar-refractivity contribution < 1.29 is 29.0 Å². The first-order valence-electron chi connectivity index (χ1n) is 22.0. The van der Waals surface area contributed by atoms with E-state index in [0.717, 1.165) is 73.5 Å². The number of hydrogen-bond acceptors (Lipinski definition) is 6. The highest BCUT2D eigenvalue weighted by molar-refractivity contribution is 6.01. The van der Waals surface area contributed by atoms with E-state index in [0.29, 0.717) is 37.6 Å². The molecule has 5 saturated carbocycles. The number of fused-ring (bicyclic) bond motifs is 8. The number of para-hydroxylation sites is 1. The van der Waals surface area contributed by atoms with E-state index < -0.39 is 22.7 Å². The molecule has 8 nitrogen and oxygen atoms in total. The van der Waals surface area contributed by atoms with Crippen LogP contribution < -0.4 is 5.32 Å². The quantitative estimate of drug-likeness (QED) is 0.256. The van der Waals surface area contributed by atoms with Crippen molar-refractivity contribution in [2.45, 2.75) is 146 Å². The molecule has 8 rings (SSSR count). The third kappa shape index (κ3) is 5.90. The van der Waals surface area contributed by atoms with Crippen LogP contribution in [-0.2, 0) is 30.5 Å². The summed E-state index contributed by atoms with van der Waals surface area (Å²) in [7, 11) is 0. The Bertz CT molecular complexity index is 2050. The number of aromatic nitrogens is 1. The number of carbonyl (C=O) groups excluding carboxylic acids is 3. The van der Waals surface area contributed by atoms with Crippen molar-refractivity contribution >= 4 is 34.5 Å². The standard InChI is InChI=1S/C49H66N2O6/c1-28(2)40-35(52)25-49(26-39(53)50-27-30-15-14-29-12-10-11-13-34(29)51-30)23-22-47(8)31(41(40)49)16-17-37-46(7)20-19-38(45(5,6)36(46)18-21-48(37,47)9)57-43(56)33-24-32(42(54)55)44(33,3)4/h10-15,28,31-33,36-38H,16-27H2,1-9H3,(H,50,53)(H,54,55)/t31-,32+,33-,36+,37-,38+,46+,47-,48-,49+/m1/s1. The zero-order valence-electron chi connectivity index (χ0n) is 35.9. The summed E-state index contributed by atoms with van der Waals surface area (Å²) in [6.45, 7) is 20.8. The van der Waals surface area contributed by atoms with Crippen LogP contribution in [0.4, 0.5) is 0 Å². The molecule has 10 atom stereocenters. The monoisotopic (exact) mass is 778 g/mol. The molecule has 2 aromatic rings. The smallest absolute Gasteiger partial charge is 0.309 e. The van der Waals surface area contributed by atoms with Gasteiger partial charge in [-0.1, -0.05) is 92.2 Å². The van der Waals surface area contributed by atoms with Crippen LogP contribution in [0.2, 0.25) is 0 Å². The van der Waals surface area contributed by atoms with Crippen LogP contribution in [0.3, 0.4) is 0 Å². The fourth-order valence-corrected chi connectivity index (χ4v) is 14.9. The first-order valence-corrected chi connectivity index (χ1v) is 22.0. The number of ketones is 1. The molecule has 1 heterocycles. The molecule has 1 aromatic carbocycles. The van der Waals surface area contributed by atoms with Gasteiger partial charge in [-0.05, 0) is 121 Å². The molecule has 2 N–H and O–H groups in total. The van der Waals surface area contributed by atoms with Crippen molar-refractivity contribution in [3.63, 3.8) is 0 Å². The van der Waals surface area contributed by atoms with Crippen molar-refractivity contribution in [2.75, 3.05) is 0 Å². The van der Waals surface area contributed by atoms with Gasteiger partial charge in [0.1, 0.15) is 6.10 Å². The van der Waals surface area contributed by atoms with E-state index in [1.807, 2.05) is 44.2 Å². The van der Waals surface area contributed by atoms with Gasteiger partial charge in [-0.3, -0.25) is 24.2 Å². The van der Waals surface area contributed by atoms with Crippen LogP contribution in [0.15, 0.2) is 47.5 Å². The minimum atomic E-state index is -0.831. The molecule has 5 fully saturated rings. The summed E-state index contributed by atoms with van der Waals surface area (Å²) in [6, 6.07) is 12.1. The zero-order chi connectivity index (χ0) is 41.1. The number of ether oxygens (including phenoxy) is 1. The van der Waals surface area contributed by atoms with Crippen molar-refractivity contribution in [3.8, 4) is 0 Å². The van der Waals surface area contributed by atoms with E-state index in [1.165, 1.54) is 5.57 Å². The average molecular weight is 779 g/mol. The minimum Gasteiger partial charge on any atom is -0.481 e. The van der Waals surface area contributed by atoms with Gasteiger partial charge in [0.05, 0.1) is 29.6 Å². The number of pyridine rings is 1. The minimum absolute atomic E-state index is 0.000878. The van der Waals surface area contributed by atoms with E-state index in [-0.39, 0.29) is 63.2 Å². The number of hydrogen-bond donors (Lipinski definition) is 2. The van der Waals surface area contributed by atoms with Gasteiger partial charge in [-0.2, -0.15) is 0 Å². The molecule has 0 unspecified atom stereocenters. The first-order chi connectivity index (χ1) is 26.7. The molecule has 0 spiro atoms. The number of amides is 1. The number of Topliss-reactive ketones (excluding diaryl/α,β-unsaturated/α-hetero) is 1. The number of carboxylic acid groups (broad SMARTS) is 1. The van der Waals surface area contributed by atoms with Gasteiger partial charge in [0.2, 0.25) is 5.91 Å². The fourth-order valence-electron chi connectivity index (χ4n) is 14.9. The van der Waals surface area contributed by atoms with E-state index in [9.17, 15) is 24.3 Å². The number of carboxylic acids is 1. The highest BCUT2D eigenvalue weighted by Gasteiger charge is 2.70. The Morgan fingerprint density at radius 2 is 1.58 bits per heavy atom. The lowest BCUT2D eigenvalue weighted by molar-refractivity contribution is -0.236. The van der Waals surface area contributed by atoms with Gasteiger partial charge < -0.3 is 15.2 Å². The van der Waals surface area contributed by atoms with Crippen LogP contribution >= 0.6 is 0 Å². The molecule has 308 valence electrons. The Morgan fingerprint density at radius 3 is 2.28 bits per heavy atom. The molecule has 1 aromatic heterocycles. The first kappa shape index (κ1) is 40.2. The number of benzene rings is 1. The maximum atomic E-state index is 14.1. The fraction of sp³-hybridized carbons (Fsp3) is 0.694. The summed E-state index contributed by atoms with van der Waals surface area (Å²) in [5.74, 6) is -0.455. The molecular weight excluding hydrogens is 713 g/mol. The van der Waals surface area contributed by atoms with Crippen LogP contribution in [0.5, 0.6) is 0 Å². The van der Waals surface area contributed by atoms with Gasteiger partial charge >= 0.3 is 11.9 Å². The van der Waals surface area contributed by atoms with Gasteiger partial charge in [0.25, 0.3) is 0 Å². The normalized spacial score (nSPS) is 39.0. The lowest BCUT2D eigenvalue weighted by Gasteiger charge is -2.72. The molecule has 0 saturated heterocycles. The number of nitrogens with zero attached hydrogens (tertiary/aromatic N) is 1. The van der Waals surface area contributed by atoms with E-state index in [4.69, 9.17) is 9.72 Å². The molecule has 8 heteroatoms. The second kappa shape index (κ2) is 13.5. The molecular formula is C49H66N2O6. The number of esters is 1. The Labute approximate surface area is 339 Å². The lowest BCUT2D eigenvalue weighted by Crippen LogP contribution is -2.66. The van der Waals surface area contributed by atoms with Crippen molar-refractivity contribution in [1.82, 2.24) is 10.3 Å². The lowest BCUT2D eigenvalue weighted by atomic mass is 9.33. The van der Waals surface area contributed by atoms with Crippen molar-refractivity contribution in [2.24, 2.45) is 68.0 Å². The molecule has 0 aliphatic heterocycles. The topological polar surface area (TPSA) is 123 Å². The Balaban J connectivity index is 1.02. The molecule has 0 bridgehead atoms.